The van der Waals surface area contributed by atoms with Gasteiger partial charge in [-0.15, -0.1) is 0 Å². The molecule has 2 rings (SSSR count). The zero-order valence-corrected chi connectivity index (χ0v) is 13.7. The largest absolute Gasteiger partial charge is 0.495 e. The van der Waals surface area contributed by atoms with E-state index in [0.29, 0.717) is 6.04 Å². The number of rotatable bonds is 5. The minimum Gasteiger partial charge on any atom is -0.495 e. The highest BCUT2D eigenvalue weighted by molar-refractivity contribution is 5.30. The number of methoxy groups -OCH3 is 1. The minimum atomic E-state index is 0.178. The first kappa shape index (κ1) is 16.2. The maximum absolute atomic E-state index is 5.52. The molecule has 21 heavy (non-hydrogen) atoms. The third kappa shape index (κ3) is 3.93. The van der Waals surface area contributed by atoms with Crippen LogP contribution in [0.5, 0.6) is 5.75 Å². The Kier molecular flexibility index (Phi) is 5.96. The highest BCUT2D eigenvalue weighted by Crippen LogP contribution is 2.28. The molecule has 2 unspecified atom stereocenters. The van der Waals surface area contributed by atoms with E-state index in [4.69, 9.17) is 4.74 Å². The fourth-order valence-corrected chi connectivity index (χ4v) is 3.11. The first-order valence-corrected chi connectivity index (χ1v) is 7.78. The van der Waals surface area contributed by atoms with Crippen molar-refractivity contribution >= 4 is 0 Å². The number of nitrogens with one attached hydrogen (secondary N) is 1. The molecular weight excluding hydrogens is 264 g/mol. The zero-order chi connectivity index (χ0) is 15.2. The molecule has 1 aliphatic heterocycles. The van der Waals surface area contributed by atoms with Crippen LogP contribution in [0.3, 0.4) is 0 Å². The summed E-state index contributed by atoms with van der Waals surface area (Å²) in [5, 5.41) is 3.61. The summed E-state index contributed by atoms with van der Waals surface area (Å²) in [6, 6.07) is 4.49. The minimum absolute atomic E-state index is 0.178. The number of hydrogen-bond acceptors (Lipinski definition) is 5. The summed E-state index contributed by atoms with van der Waals surface area (Å²) in [7, 11) is 6.13. The highest BCUT2D eigenvalue weighted by Gasteiger charge is 2.31. The summed E-state index contributed by atoms with van der Waals surface area (Å²) in [4.78, 5) is 9.46. The monoisotopic (exact) mass is 292 g/mol. The topological polar surface area (TPSA) is 40.6 Å². The molecule has 5 nitrogen and oxygen atoms in total. The van der Waals surface area contributed by atoms with Crippen molar-refractivity contribution in [2.75, 3.05) is 47.4 Å². The Labute approximate surface area is 128 Å². The molecule has 0 saturated carbocycles. The van der Waals surface area contributed by atoms with Crippen molar-refractivity contribution in [2.45, 2.75) is 25.4 Å². The van der Waals surface area contributed by atoms with Crippen LogP contribution in [0.2, 0.25) is 0 Å². The van der Waals surface area contributed by atoms with Crippen LogP contribution in [0.15, 0.2) is 18.3 Å². The Morgan fingerprint density at radius 1 is 1.43 bits per heavy atom. The second-order valence-electron chi connectivity index (χ2n) is 5.79. The molecule has 2 atom stereocenters. The van der Waals surface area contributed by atoms with Crippen molar-refractivity contribution in [3.8, 4) is 5.75 Å². The Morgan fingerprint density at radius 3 is 2.95 bits per heavy atom. The molecule has 1 aromatic rings. The predicted molar refractivity (Wildman–Crippen MR) is 85.7 cm³/mol. The van der Waals surface area contributed by atoms with Gasteiger partial charge in [-0.3, -0.25) is 4.98 Å². The third-order valence-corrected chi connectivity index (χ3v) is 4.24. The average molecular weight is 292 g/mol. The number of hydrogen-bond donors (Lipinski definition) is 1. The zero-order valence-electron chi connectivity index (χ0n) is 13.7. The number of pyridine rings is 1. The lowest BCUT2D eigenvalue weighted by Gasteiger charge is -2.35. The second kappa shape index (κ2) is 7.73. The second-order valence-corrected chi connectivity index (χ2v) is 5.79. The Morgan fingerprint density at radius 2 is 2.24 bits per heavy atom. The lowest BCUT2D eigenvalue weighted by atomic mass is 10.0. The molecule has 0 radical (unpaired) electrons. The first-order chi connectivity index (χ1) is 10.2. The van der Waals surface area contributed by atoms with Gasteiger partial charge in [0.15, 0.2) is 0 Å². The van der Waals surface area contributed by atoms with Crippen LogP contribution >= 0.6 is 0 Å². The molecule has 118 valence electrons. The van der Waals surface area contributed by atoms with Crippen LogP contribution in [-0.2, 0) is 0 Å². The van der Waals surface area contributed by atoms with E-state index in [1.807, 2.05) is 18.3 Å². The van der Waals surface area contributed by atoms with E-state index in [9.17, 15) is 0 Å². The van der Waals surface area contributed by atoms with Gasteiger partial charge in [-0.2, -0.15) is 0 Å². The van der Waals surface area contributed by atoms with Gasteiger partial charge < -0.3 is 19.9 Å². The predicted octanol–water partition coefficient (Wildman–Crippen LogP) is 1.38. The Balaban J connectivity index is 2.32. The average Bonchev–Trinajstić information content (AvgIpc) is 2.66. The van der Waals surface area contributed by atoms with Crippen LogP contribution < -0.4 is 10.1 Å². The number of ether oxygens (including phenoxy) is 1. The molecule has 1 N–H and O–H groups in total. The van der Waals surface area contributed by atoms with E-state index < -0.39 is 0 Å². The molecule has 0 aliphatic carbocycles. The van der Waals surface area contributed by atoms with Gasteiger partial charge in [-0.05, 0) is 52.3 Å². The fraction of sp³-hybridized carbons (Fsp3) is 0.688. The Hall–Kier alpha value is -1.17. The van der Waals surface area contributed by atoms with Gasteiger partial charge >= 0.3 is 0 Å². The van der Waals surface area contributed by atoms with E-state index in [2.05, 4.69) is 41.1 Å². The van der Waals surface area contributed by atoms with Gasteiger partial charge in [0.2, 0.25) is 0 Å². The normalized spacial score (nSPS) is 22.8. The molecule has 1 aliphatic rings. The third-order valence-electron chi connectivity index (χ3n) is 4.24. The smallest absolute Gasteiger partial charge is 0.142 e. The highest BCUT2D eigenvalue weighted by atomic mass is 16.5. The molecule has 1 fully saturated rings. The summed E-state index contributed by atoms with van der Waals surface area (Å²) >= 11 is 0. The van der Waals surface area contributed by atoms with Crippen LogP contribution in [0, 0.1) is 0 Å². The van der Waals surface area contributed by atoms with Crippen molar-refractivity contribution in [3.63, 3.8) is 0 Å². The van der Waals surface area contributed by atoms with Gasteiger partial charge in [0.05, 0.1) is 13.2 Å². The fourth-order valence-electron chi connectivity index (χ4n) is 3.11. The van der Waals surface area contributed by atoms with E-state index >= 15 is 0 Å². The number of aromatic nitrogens is 1. The van der Waals surface area contributed by atoms with Crippen molar-refractivity contribution in [2.24, 2.45) is 0 Å². The number of nitrogens with zero attached hydrogens (tertiary/aromatic N) is 3. The van der Waals surface area contributed by atoms with Gasteiger partial charge in [-0.1, -0.05) is 6.92 Å². The lowest BCUT2D eigenvalue weighted by Crippen LogP contribution is -2.47. The van der Waals surface area contributed by atoms with Gasteiger partial charge in [0, 0.05) is 18.8 Å². The quantitative estimate of drug-likeness (QED) is 0.888. The molecule has 1 saturated heterocycles. The lowest BCUT2D eigenvalue weighted by molar-refractivity contribution is 0.175. The summed E-state index contributed by atoms with van der Waals surface area (Å²) in [6.07, 6.45) is 3.06. The maximum Gasteiger partial charge on any atom is 0.142 e. The van der Waals surface area contributed by atoms with Crippen LogP contribution in [0.4, 0.5) is 0 Å². The van der Waals surface area contributed by atoms with Gasteiger partial charge in [-0.25, -0.2) is 0 Å². The van der Waals surface area contributed by atoms with E-state index in [-0.39, 0.29) is 6.04 Å². The molecule has 5 heteroatoms. The summed E-state index contributed by atoms with van der Waals surface area (Å²) in [6.45, 7) is 6.36. The molecule has 0 spiro atoms. The van der Waals surface area contributed by atoms with Crippen molar-refractivity contribution in [1.29, 1.82) is 0 Å². The van der Waals surface area contributed by atoms with Crippen LogP contribution in [0.1, 0.15) is 25.1 Å². The molecule has 2 heterocycles. The van der Waals surface area contributed by atoms with Crippen molar-refractivity contribution in [1.82, 2.24) is 20.1 Å². The van der Waals surface area contributed by atoms with E-state index in [1.54, 1.807) is 7.11 Å². The first-order valence-electron chi connectivity index (χ1n) is 7.78. The van der Waals surface area contributed by atoms with Crippen LogP contribution in [0.25, 0.3) is 0 Å². The van der Waals surface area contributed by atoms with Crippen molar-refractivity contribution < 1.29 is 4.74 Å². The molecule has 0 aromatic carbocycles. The SMILES string of the molecule is CCNC(c1ncccc1OC)C1CN(C)CCCN1C. The standard InChI is InChI=1S/C16H28N4O/c1-5-17-15(16-14(21-4)8-6-9-18-16)13-12-19(2)10-7-11-20(13)3/h6,8-9,13,15,17H,5,7,10-12H2,1-4H3. The van der Waals surface area contributed by atoms with Gasteiger partial charge in [0.1, 0.15) is 11.4 Å². The van der Waals surface area contributed by atoms with E-state index in [0.717, 1.165) is 37.6 Å². The molecule has 1 aromatic heterocycles. The summed E-state index contributed by atoms with van der Waals surface area (Å²) in [5.41, 5.74) is 1.01. The molecule has 0 amide bonds. The van der Waals surface area contributed by atoms with Crippen LogP contribution in [-0.4, -0.2) is 68.2 Å². The van der Waals surface area contributed by atoms with Crippen molar-refractivity contribution in [3.05, 3.63) is 24.0 Å². The summed E-state index contributed by atoms with van der Waals surface area (Å²) in [5.74, 6) is 0.865. The number of likely N-dealkylation sites (N-methyl/N-ethyl adjacent to an activating group) is 3. The van der Waals surface area contributed by atoms with E-state index in [1.165, 1.54) is 6.42 Å². The maximum atomic E-state index is 5.52. The molecule has 0 bridgehead atoms. The Bertz CT molecular complexity index is 440. The summed E-state index contributed by atoms with van der Waals surface area (Å²) < 4.78 is 5.52. The molecular formula is C16H28N4O. The van der Waals surface area contributed by atoms with Gasteiger partial charge in [0.25, 0.3) is 0 Å².